The maximum absolute atomic E-state index is 12.1. The number of hydrogen-bond acceptors (Lipinski definition) is 2. The minimum atomic E-state index is -0.554. The van der Waals surface area contributed by atoms with Gasteiger partial charge in [-0.3, -0.25) is 9.59 Å². The normalized spacial score (nSPS) is 15.7. The first-order valence-corrected chi connectivity index (χ1v) is 7.23. The Morgan fingerprint density at radius 3 is 2.30 bits per heavy atom. The van der Waals surface area contributed by atoms with Gasteiger partial charge in [0.2, 0.25) is 0 Å². The van der Waals surface area contributed by atoms with Crippen LogP contribution in [0.3, 0.4) is 0 Å². The van der Waals surface area contributed by atoms with E-state index in [1.807, 2.05) is 19.1 Å². The molecule has 2 rings (SSSR count). The average Bonchev–Trinajstić information content (AvgIpc) is 2.49. The second-order valence-electron chi connectivity index (χ2n) is 5.53. The van der Waals surface area contributed by atoms with Gasteiger partial charge in [0.1, 0.15) is 0 Å². The molecule has 0 heterocycles. The molecular weight excluding hydrogens is 252 g/mol. The number of carbonyl (C=O) groups is 2. The number of carbonyl (C=O) groups excluding carboxylic acids is 2. The molecule has 0 bridgehead atoms. The van der Waals surface area contributed by atoms with Crippen LogP contribution in [0.5, 0.6) is 0 Å². The molecule has 1 N–H and O–H groups in total. The minimum absolute atomic E-state index is 0.208. The van der Waals surface area contributed by atoms with Gasteiger partial charge in [0, 0.05) is 18.8 Å². The molecule has 0 aromatic heterocycles. The molecular formula is C16H22N2O2. The highest BCUT2D eigenvalue weighted by Crippen LogP contribution is 2.21. The topological polar surface area (TPSA) is 49.4 Å². The molecule has 1 fully saturated rings. The standard InChI is InChI=1S/C16H22N2O2/c1-12-8-10-13(11-9-12)17-15(19)16(20)18(2)14-6-4-3-5-7-14/h8-11,14H,3-7H2,1-2H3,(H,17,19). The highest BCUT2D eigenvalue weighted by atomic mass is 16.2. The predicted molar refractivity (Wildman–Crippen MR) is 79.5 cm³/mol. The van der Waals surface area contributed by atoms with Gasteiger partial charge in [0.05, 0.1) is 0 Å². The Balaban J connectivity index is 1.93. The molecule has 1 saturated carbocycles. The largest absolute Gasteiger partial charge is 0.335 e. The van der Waals surface area contributed by atoms with Crippen molar-refractivity contribution in [3.63, 3.8) is 0 Å². The van der Waals surface area contributed by atoms with E-state index < -0.39 is 11.8 Å². The van der Waals surface area contributed by atoms with E-state index in [9.17, 15) is 9.59 Å². The number of nitrogens with one attached hydrogen (secondary N) is 1. The first-order chi connectivity index (χ1) is 9.58. The van der Waals surface area contributed by atoms with E-state index in [0.29, 0.717) is 5.69 Å². The van der Waals surface area contributed by atoms with Crippen molar-refractivity contribution in [2.75, 3.05) is 12.4 Å². The number of nitrogens with zero attached hydrogens (tertiary/aromatic N) is 1. The van der Waals surface area contributed by atoms with E-state index in [0.717, 1.165) is 31.2 Å². The summed E-state index contributed by atoms with van der Waals surface area (Å²) in [5.74, 6) is -1.00. The number of hydrogen-bond donors (Lipinski definition) is 1. The molecule has 1 aromatic carbocycles. The smallest absolute Gasteiger partial charge is 0.313 e. The monoisotopic (exact) mass is 274 g/mol. The molecule has 2 amide bonds. The van der Waals surface area contributed by atoms with Gasteiger partial charge in [-0.15, -0.1) is 0 Å². The van der Waals surface area contributed by atoms with Crippen molar-refractivity contribution in [2.24, 2.45) is 0 Å². The number of anilines is 1. The lowest BCUT2D eigenvalue weighted by Gasteiger charge is -2.30. The van der Waals surface area contributed by atoms with E-state index in [1.54, 1.807) is 24.1 Å². The summed E-state index contributed by atoms with van der Waals surface area (Å²) < 4.78 is 0. The van der Waals surface area contributed by atoms with Crippen molar-refractivity contribution in [1.29, 1.82) is 0 Å². The van der Waals surface area contributed by atoms with Gasteiger partial charge in [-0.05, 0) is 31.9 Å². The molecule has 20 heavy (non-hydrogen) atoms. The van der Waals surface area contributed by atoms with Gasteiger partial charge in [-0.25, -0.2) is 0 Å². The molecule has 0 unspecified atom stereocenters. The van der Waals surface area contributed by atoms with Crippen LogP contribution in [0.15, 0.2) is 24.3 Å². The Labute approximate surface area is 120 Å². The van der Waals surface area contributed by atoms with Crippen molar-refractivity contribution in [3.05, 3.63) is 29.8 Å². The SMILES string of the molecule is Cc1ccc(NC(=O)C(=O)N(C)C2CCCCC2)cc1. The third-order valence-corrected chi connectivity index (χ3v) is 3.95. The predicted octanol–water partition coefficient (Wildman–Crippen LogP) is 2.72. The summed E-state index contributed by atoms with van der Waals surface area (Å²) in [7, 11) is 1.73. The Bertz CT molecular complexity index is 476. The van der Waals surface area contributed by atoms with Crippen LogP contribution in [0.2, 0.25) is 0 Å². The lowest BCUT2D eigenvalue weighted by molar-refractivity contribution is -0.144. The van der Waals surface area contributed by atoms with E-state index in [2.05, 4.69) is 5.32 Å². The summed E-state index contributed by atoms with van der Waals surface area (Å²) in [4.78, 5) is 25.7. The van der Waals surface area contributed by atoms with Crippen molar-refractivity contribution in [1.82, 2.24) is 4.90 Å². The summed E-state index contributed by atoms with van der Waals surface area (Å²) >= 11 is 0. The van der Waals surface area contributed by atoms with Crippen molar-refractivity contribution in [2.45, 2.75) is 45.1 Å². The van der Waals surface area contributed by atoms with Crippen LogP contribution in [0.25, 0.3) is 0 Å². The molecule has 108 valence electrons. The Hall–Kier alpha value is -1.84. The van der Waals surface area contributed by atoms with Gasteiger partial charge in [-0.1, -0.05) is 37.0 Å². The summed E-state index contributed by atoms with van der Waals surface area (Å²) in [6.45, 7) is 1.98. The summed E-state index contributed by atoms with van der Waals surface area (Å²) in [6, 6.07) is 7.64. The van der Waals surface area contributed by atoms with Crippen LogP contribution in [0, 0.1) is 6.92 Å². The summed E-state index contributed by atoms with van der Waals surface area (Å²) in [5.41, 5.74) is 1.78. The zero-order chi connectivity index (χ0) is 14.5. The van der Waals surface area contributed by atoms with Gasteiger partial charge in [0.25, 0.3) is 0 Å². The molecule has 0 atom stereocenters. The highest BCUT2D eigenvalue weighted by Gasteiger charge is 2.26. The molecule has 0 radical (unpaired) electrons. The molecule has 1 aliphatic rings. The van der Waals surface area contributed by atoms with E-state index in [-0.39, 0.29) is 6.04 Å². The number of rotatable bonds is 2. The Kier molecular flexibility index (Phi) is 4.77. The van der Waals surface area contributed by atoms with Gasteiger partial charge >= 0.3 is 11.8 Å². The number of aryl methyl sites for hydroxylation is 1. The molecule has 4 nitrogen and oxygen atoms in total. The van der Waals surface area contributed by atoms with E-state index >= 15 is 0 Å². The Morgan fingerprint density at radius 1 is 1.10 bits per heavy atom. The van der Waals surface area contributed by atoms with Crippen LogP contribution >= 0.6 is 0 Å². The van der Waals surface area contributed by atoms with E-state index in [1.165, 1.54) is 6.42 Å². The fourth-order valence-corrected chi connectivity index (χ4v) is 2.62. The third kappa shape index (κ3) is 3.59. The van der Waals surface area contributed by atoms with Gasteiger partial charge < -0.3 is 10.2 Å². The second kappa shape index (κ2) is 6.55. The van der Waals surface area contributed by atoms with Crippen LogP contribution < -0.4 is 5.32 Å². The maximum Gasteiger partial charge on any atom is 0.313 e. The summed E-state index contributed by atoms with van der Waals surface area (Å²) in [6.07, 6.45) is 5.51. The lowest BCUT2D eigenvalue weighted by Crippen LogP contribution is -2.44. The fraction of sp³-hybridized carbons (Fsp3) is 0.500. The molecule has 4 heteroatoms. The third-order valence-electron chi connectivity index (χ3n) is 3.95. The van der Waals surface area contributed by atoms with Crippen molar-refractivity contribution < 1.29 is 9.59 Å². The maximum atomic E-state index is 12.1. The fourth-order valence-electron chi connectivity index (χ4n) is 2.62. The van der Waals surface area contributed by atoms with Gasteiger partial charge in [-0.2, -0.15) is 0 Å². The second-order valence-corrected chi connectivity index (χ2v) is 5.53. The van der Waals surface area contributed by atoms with Crippen LogP contribution in [-0.2, 0) is 9.59 Å². The summed E-state index contributed by atoms with van der Waals surface area (Å²) in [5, 5.41) is 2.66. The molecule has 1 aliphatic carbocycles. The first kappa shape index (κ1) is 14.6. The van der Waals surface area contributed by atoms with Gasteiger partial charge in [0.15, 0.2) is 0 Å². The molecule has 1 aromatic rings. The Morgan fingerprint density at radius 2 is 1.70 bits per heavy atom. The molecule has 0 saturated heterocycles. The lowest BCUT2D eigenvalue weighted by atomic mass is 9.94. The zero-order valence-electron chi connectivity index (χ0n) is 12.2. The zero-order valence-corrected chi connectivity index (χ0v) is 12.2. The first-order valence-electron chi connectivity index (χ1n) is 7.23. The van der Waals surface area contributed by atoms with Crippen LogP contribution in [0.1, 0.15) is 37.7 Å². The number of benzene rings is 1. The van der Waals surface area contributed by atoms with E-state index in [4.69, 9.17) is 0 Å². The van der Waals surface area contributed by atoms with Crippen LogP contribution in [0.4, 0.5) is 5.69 Å². The average molecular weight is 274 g/mol. The van der Waals surface area contributed by atoms with Crippen molar-refractivity contribution in [3.8, 4) is 0 Å². The minimum Gasteiger partial charge on any atom is -0.335 e. The molecule has 0 aliphatic heterocycles. The number of likely N-dealkylation sites (N-methyl/N-ethyl adjacent to an activating group) is 1. The van der Waals surface area contributed by atoms with Crippen LogP contribution in [-0.4, -0.2) is 29.8 Å². The number of amides is 2. The molecule has 0 spiro atoms. The van der Waals surface area contributed by atoms with Crippen molar-refractivity contribution >= 4 is 17.5 Å². The quantitative estimate of drug-likeness (QED) is 0.843. The highest BCUT2D eigenvalue weighted by molar-refractivity contribution is 6.39.